The average molecular weight is 441 g/mol. The van der Waals surface area contributed by atoms with Gasteiger partial charge in [0.05, 0.1) is 21.3 Å². The predicted molar refractivity (Wildman–Crippen MR) is 110 cm³/mol. The summed E-state index contributed by atoms with van der Waals surface area (Å²) in [5, 5.41) is 6.75. The first-order chi connectivity index (χ1) is 13.7. The van der Waals surface area contributed by atoms with Crippen LogP contribution in [-0.2, 0) is 21.4 Å². The molecule has 1 fully saturated rings. The molecule has 0 unspecified atom stereocenters. The van der Waals surface area contributed by atoms with Gasteiger partial charge in [-0.15, -0.1) is 0 Å². The molecule has 0 saturated carbocycles. The minimum atomic E-state index is -3.68. The summed E-state index contributed by atoms with van der Waals surface area (Å²) in [5.74, 6) is 0.526. The molecule has 2 heterocycles. The second-order valence-electron chi connectivity index (χ2n) is 7.16. The number of nitrogens with one attached hydrogen (secondary N) is 1. The topological polar surface area (TPSA) is 95.8 Å². The summed E-state index contributed by atoms with van der Waals surface area (Å²) in [7, 11) is -3.68. The smallest absolute Gasteiger partial charge is 0.243 e. The Labute approximate surface area is 175 Å². The number of carbonyl (C=O) groups excluding carboxylic acids is 1. The molecule has 1 aliphatic heterocycles. The van der Waals surface area contributed by atoms with Crippen molar-refractivity contribution in [2.45, 2.75) is 38.6 Å². The summed E-state index contributed by atoms with van der Waals surface area (Å²) in [6.07, 6.45) is 0.723. The highest BCUT2D eigenvalue weighted by Crippen LogP contribution is 2.27. The van der Waals surface area contributed by atoms with E-state index in [1.807, 2.05) is 13.8 Å². The van der Waals surface area contributed by atoms with Crippen LogP contribution in [-0.4, -0.2) is 54.9 Å². The van der Waals surface area contributed by atoms with Gasteiger partial charge in [0, 0.05) is 38.7 Å². The Morgan fingerprint density at radius 1 is 1.24 bits per heavy atom. The van der Waals surface area contributed by atoms with E-state index in [1.54, 1.807) is 0 Å². The van der Waals surface area contributed by atoms with E-state index in [4.69, 9.17) is 16.1 Å². The number of aryl methyl sites for hydroxylation is 2. The Hall–Kier alpha value is -1.94. The number of nitrogens with zero attached hydrogens (tertiary/aromatic N) is 3. The van der Waals surface area contributed by atoms with Crippen LogP contribution in [0.2, 0.25) is 5.02 Å². The van der Waals surface area contributed by atoms with Crippen molar-refractivity contribution in [2.75, 3.05) is 31.5 Å². The lowest BCUT2D eigenvalue weighted by molar-refractivity contribution is -0.114. The third-order valence-corrected chi connectivity index (χ3v) is 7.21. The van der Waals surface area contributed by atoms with Crippen LogP contribution in [0.3, 0.4) is 0 Å². The van der Waals surface area contributed by atoms with Gasteiger partial charge in [-0.3, -0.25) is 9.69 Å². The zero-order valence-corrected chi connectivity index (χ0v) is 18.3. The summed E-state index contributed by atoms with van der Waals surface area (Å²) < 4.78 is 32.9. The Kier molecular flexibility index (Phi) is 6.62. The molecule has 2 aromatic rings. The van der Waals surface area contributed by atoms with Crippen LogP contribution in [0.1, 0.15) is 30.4 Å². The number of sulfonamides is 1. The lowest BCUT2D eigenvalue weighted by Crippen LogP contribution is -2.35. The van der Waals surface area contributed by atoms with Crippen molar-refractivity contribution in [1.82, 2.24) is 14.4 Å². The first-order valence-corrected chi connectivity index (χ1v) is 11.2. The molecule has 0 atom stereocenters. The fourth-order valence-corrected chi connectivity index (χ4v) is 5.18. The van der Waals surface area contributed by atoms with Crippen molar-refractivity contribution in [3.63, 3.8) is 0 Å². The van der Waals surface area contributed by atoms with Crippen LogP contribution in [0.4, 0.5) is 5.69 Å². The number of halogens is 1. The summed E-state index contributed by atoms with van der Waals surface area (Å²) in [5.41, 5.74) is 2.31. The number of aromatic nitrogens is 1. The van der Waals surface area contributed by atoms with Gasteiger partial charge in [-0.05, 0) is 45.0 Å². The average Bonchev–Trinajstić information content (AvgIpc) is 2.85. The second kappa shape index (κ2) is 8.83. The summed E-state index contributed by atoms with van der Waals surface area (Å²) in [6.45, 7) is 8.08. The van der Waals surface area contributed by atoms with E-state index in [0.717, 1.165) is 30.0 Å². The van der Waals surface area contributed by atoms with Crippen LogP contribution in [0.5, 0.6) is 0 Å². The number of hydrogen-bond acceptors (Lipinski definition) is 6. The molecular weight excluding hydrogens is 416 g/mol. The summed E-state index contributed by atoms with van der Waals surface area (Å²) >= 11 is 6.16. The molecule has 29 heavy (non-hydrogen) atoms. The van der Waals surface area contributed by atoms with Crippen molar-refractivity contribution in [3.05, 3.63) is 40.2 Å². The number of amides is 1. The van der Waals surface area contributed by atoms with E-state index in [0.29, 0.717) is 31.9 Å². The Morgan fingerprint density at radius 2 is 2.00 bits per heavy atom. The molecule has 0 aliphatic carbocycles. The third-order valence-electron chi connectivity index (χ3n) is 5.00. The number of carbonyl (C=O) groups is 1. The largest absolute Gasteiger partial charge is 0.361 e. The van der Waals surface area contributed by atoms with Gasteiger partial charge >= 0.3 is 0 Å². The van der Waals surface area contributed by atoms with Crippen molar-refractivity contribution in [2.24, 2.45) is 0 Å². The van der Waals surface area contributed by atoms with Gasteiger partial charge < -0.3 is 9.84 Å². The van der Waals surface area contributed by atoms with E-state index in [9.17, 15) is 13.2 Å². The number of anilines is 1. The molecule has 158 valence electrons. The zero-order chi connectivity index (χ0) is 21.2. The van der Waals surface area contributed by atoms with Gasteiger partial charge in [-0.1, -0.05) is 16.8 Å². The minimum Gasteiger partial charge on any atom is -0.361 e. The van der Waals surface area contributed by atoms with Crippen molar-refractivity contribution >= 4 is 33.2 Å². The van der Waals surface area contributed by atoms with Crippen molar-refractivity contribution in [3.8, 4) is 0 Å². The molecule has 1 N–H and O–H groups in total. The summed E-state index contributed by atoms with van der Waals surface area (Å²) in [4.78, 5) is 13.5. The fourth-order valence-electron chi connectivity index (χ4n) is 3.39. The van der Waals surface area contributed by atoms with Crippen molar-refractivity contribution in [1.29, 1.82) is 0 Å². The maximum Gasteiger partial charge on any atom is 0.243 e. The molecule has 0 radical (unpaired) electrons. The SMILES string of the molecule is CC(=O)Nc1ccc(S(=O)(=O)N2CCCN(Cc3c(C)noc3C)CC2)cc1Cl. The van der Waals surface area contributed by atoms with Gasteiger partial charge in [0.2, 0.25) is 15.9 Å². The Bertz CT molecular complexity index is 986. The molecule has 1 aromatic carbocycles. The van der Waals surface area contributed by atoms with E-state index < -0.39 is 10.0 Å². The monoisotopic (exact) mass is 440 g/mol. The van der Waals surface area contributed by atoms with Crippen LogP contribution in [0, 0.1) is 13.8 Å². The van der Waals surface area contributed by atoms with Gasteiger partial charge in [0.15, 0.2) is 0 Å². The van der Waals surface area contributed by atoms with E-state index >= 15 is 0 Å². The number of hydrogen-bond donors (Lipinski definition) is 1. The molecule has 1 aliphatic rings. The first kappa shape index (κ1) is 21.8. The molecule has 1 amide bonds. The molecule has 10 heteroatoms. The molecule has 3 rings (SSSR count). The van der Waals surface area contributed by atoms with Crippen LogP contribution in [0.25, 0.3) is 0 Å². The lowest BCUT2D eigenvalue weighted by Gasteiger charge is -2.22. The highest BCUT2D eigenvalue weighted by Gasteiger charge is 2.28. The van der Waals surface area contributed by atoms with Crippen LogP contribution >= 0.6 is 11.6 Å². The quantitative estimate of drug-likeness (QED) is 0.768. The van der Waals surface area contributed by atoms with Crippen LogP contribution < -0.4 is 5.32 Å². The molecular formula is C19H25ClN4O4S. The third kappa shape index (κ3) is 4.98. The lowest BCUT2D eigenvalue weighted by atomic mass is 10.2. The van der Waals surface area contributed by atoms with Crippen LogP contribution in [0.15, 0.2) is 27.6 Å². The fraction of sp³-hybridized carbons (Fsp3) is 0.474. The standard InChI is InChI=1S/C19H25ClN4O4S/c1-13-17(14(2)28-22-13)12-23-7-4-8-24(10-9-23)29(26,27)16-5-6-19(18(20)11-16)21-15(3)25/h5-6,11H,4,7-10,12H2,1-3H3,(H,21,25). The molecule has 1 aromatic heterocycles. The Balaban J connectivity index is 1.72. The predicted octanol–water partition coefficient (Wildman–Crippen LogP) is 2.80. The zero-order valence-electron chi connectivity index (χ0n) is 16.7. The first-order valence-electron chi connectivity index (χ1n) is 9.40. The normalized spacial score (nSPS) is 16.6. The van der Waals surface area contributed by atoms with Gasteiger partial charge in [0.1, 0.15) is 5.76 Å². The maximum atomic E-state index is 13.1. The van der Waals surface area contributed by atoms with Gasteiger partial charge in [-0.2, -0.15) is 4.31 Å². The highest BCUT2D eigenvalue weighted by molar-refractivity contribution is 7.89. The molecule has 0 bridgehead atoms. The van der Waals surface area contributed by atoms with Crippen molar-refractivity contribution < 1.29 is 17.7 Å². The number of rotatable bonds is 5. The molecule has 0 spiro atoms. The van der Waals surface area contributed by atoms with E-state index in [2.05, 4.69) is 15.4 Å². The second-order valence-corrected chi connectivity index (χ2v) is 9.50. The minimum absolute atomic E-state index is 0.121. The Morgan fingerprint density at radius 3 is 2.62 bits per heavy atom. The molecule has 1 saturated heterocycles. The highest BCUT2D eigenvalue weighted by atomic mass is 35.5. The molecule has 8 nitrogen and oxygen atoms in total. The van der Waals surface area contributed by atoms with E-state index in [-0.39, 0.29) is 15.8 Å². The maximum absolute atomic E-state index is 13.1. The van der Waals surface area contributed by atoms with Gasteiger partial charge in [0.25, 0.3) is 0 Å². The summed E-state index contributed by atoms with van der Waals surface area (Å²) in [6, 6.07) is 4.37. The van der Waals surface area contributed by atoms with E-state index in [1.165, 1.54) is 29.4 Å². The van der Waals surface area contributed by atoms with Gasteiger partial charge in [-0.25, -0.2) is 8.42 Å². The number of benzene rings is 1.